The highest BCUT2D eigenvalue weighted by molar-refractivity contribution is 7.98. The van der Waals surface area contributed by atoms with Gasteiger partial charge in [0.2, 0.25) is 17.7 Å². The van der Waals surface area contributed by atoms with Crippen molar-refractivity contribution in [2.75, 3.05) is 28.8 Å². The Balaban J connectivity index is 1.63. The molecule has 1 saturated heterocycles. The molecule has 1 aromatic heterocycles. The minimum atomic E-state index is -0.667. The van der Waals surface area contributed by atoms with E-state index < -0.39 is 12.0 Å². The third kappa shape index (κ3) is 5.57. The van der Waals surface area contributed by atoms with Crippen molar-refractivity contribution in [3.63, 3.8) is 0 Å². The first-order valence-electron chi connectivity index (χ1n) is 9.36. The predicted molar refractivity (Wildman–Crippen MR) is 117 cm³/mol. The van der Waals surface area contributed by atoms with Crippen molar-refractivity contribution in [3.8, 4) is 0 Å². The van der Waals surface area contributed by atoms with Crippen LogP contribution in [-0.2, 0) is 14.4 Å². The number of thioether (sulfide) groups is 1. The largest absolute Gasteiger partial charge is 0.344 e. The van der Waals surface area contributed by atoms with E-state index in [-0.39, 0.29) is 24.1 Å². The van der Waals surface area contributed by atoms with E-state index in [9.17, 15) is 14.4 Å². The molecule has 1 unspecified atom stereocenters. The number of carbonyl (C=O) groups excluding carboxylic acids is 3. The monoisotopic (exact) mass is 432 g/mol. The second-order valence-electron chi connectivity index (χ2n) is 6.85. The van der Waals surface area contributed by atoms with Crippen molar-refractivity contribution in [1.29, 1.82) is 0 Å². The van der Waals surface area contributed by atoms with Crippen LogP contribution in [0.25, 0.3) is 0 Å². The summed E-state index contributed by atoms with van der Waals surface area (Å²) < 4.78 is 0. The standard InChI is InChI=1S/C20H24N4O3S2/c1-13-11-21-20(29-13)23-19(27)16(8-9-28-2)22-18(26)14-10-17(25)24(12-14)15-6-4-3-5-7-15/h3-7,11,14,16H,8-10,12H2,1-2H3,(H,22,26)(H,21,23,27)/t14?,16-/m0/s1. The third-order valence-electron chi connectivity index (χ3n) is 4.66. The molecule has 0 radical (unpaired) electrons. The van der Waals surface area contributed by atoms with E-state index in [2.05, 4.69) is 15.6 Å². The minimum absolute atomic E-state index is 0.0836. The highest BCUT2D eigenvalue weighted by atomic mass is 32.2. The fraction of sp³-hybridized carbons (Fsp3) is 0.400. The van der Waals surface area contributed by atoms with E-state index in [0.29, 0.717) is 18.1 Å². The lowest BCUT2D eigenvalue weighted by molar-refractivity contribution is -0.129. The molecule has 154 valence electrons. The van der Waals surface area contributed by atoms with Gasteiger partial charge in [-0.15, -0.1) is 11.3 Å². The minimum Gasteiger partial charge on any atom is -0.344 e. The highest BCUT2D eigenvalue weighted by Crippen LogP contribution is 2.25. The Labute approximate surface area is 178 Å². The van der Waals surface area contributed by atoms with Crippen molar-refractivity contribution in [2.24, 2.45) is 5.92 Å². The molecular weight excluding hydrogens is 408 g/mol. The molecule has 1 aromatic carbocycles. The zero-order valence-electron chi connectivity index (χ0n) is 16.4. The molecular formula is C20H24N4O3S2. The van der Waals surface area contributed by atoms with Gasteiger partial charge in [-0.05, 0) is 37.5 Å². The molecule has 7 nitrogen and oxygen atoms in total. The Morgan fingerprint density at radius 2 is 2.10 bits per heavy atom. The fourth-order valence-electron chi connectivity index (χ4n) is 3.14. The maximum atomic E-state index is 12.8. The van der Waals surface area contributed by atoms with Crippen LogP contribution in [0.2, 0.25) is 0 Å². The zero-order chi connectivity index (χ0) is 20.8. The SMILES string of the molecule is CSCC[C@H](NC(=O)C1CC(=O)N(c2ccccc2)C1)C(=O)Nc1ncc(C)s1. The van der Waals surface area contributed by atoms with Crippen LogP contribution in [0, 0.1) is 12.8 Å². The molecule has 9 heteroatoms. The van der Waals surface area contributed by atoms with Crippen LogP contribution in [-0.4, -0.2) is 47.3 Å². The molecule has 3 rings (SSSR count). The van der Waals surface area contributed by atoms with Gasteiger partial charge in [0.25, 0.3) is 0 Å². The number of aromatic nitrogens is 1. The maximum absolute atomic E-state index is 12.8. The van der Waals surface area contributed by atoms with E-state index in [0.717, 1.165) is 16.3 Å². The van der Waals surface area contributed by atoms with Gasteiger partial charge in [0.1, 0.15) is 6.04 Å². The smallest absolute Gasteiger partial charge is 0.248 e. The Kier molecular flexibility index (Phi) is 7.27. The van der Waals surface area contributed by atoms with Gasteiger partial charge in [-0.2, -0.15) is 11.8 Å². The average Bonchev–Trinajstić information content (AvgIpc) is 3.30. The molecule has 2 N–H and O–H groups in total. The number of hydrogen-bond donors (Lipinski definition) is 2. The van der Waals surface area contributed by atoms with Crippen LogP contribution in [0.4, 0.5) is 10.8 Å². The summed E-state index contributed by atoms with van der Waals surface area (Å²) in [6.07, 6.45) is 4.29. The normalized spacial score (nSPS) is 17.2. The highest BCUT2D eigenvalue weighted by Gasteiger charge is 2.36. The zero-order valence-corrected chi connectivity index (χ0v) is 18.0. The van der Waals surface area contributed by atoms with Gasteiger partial charge in [0.05, 0.1) is 5.92 Å². The van der Waals surface area contributed by atoms with E-state index in [1.54, 1.807) is 22.9 Å². The summed E-state index contributed by atoms with van der Waals surface area (Å²) in [4.78, 5) is 44.6. The summed E-state index contributed by atoms with van der Waals surface area (Å²) in [5.41, 5.74) is 0.781. The van der Waals surface area contributed by atoms with E-state index in [1.807, 2.05) is 43.5 Å². The summed E-state index contributed by atoms with van der Waals surface area (Å²) in [7, 11) is 0. The first-order chi connectivity index (χ1) is 14.0. The topological polar surface area (TPSA) is 91.4 Å². The Hall–Kier alpha value is -2.39. The van der Waals surface area contributed by atoms with Crippen molar-refractivity contribution in [2.45, 2.75) is 25.8 Å². The number of para-hydroxylation sites is 1. The number of thiazole rings is 1. The Morgan fingerprint density at radius 3 is 2.76 bits per heavy atom. The molecule has 0 aliphatic carbocycles. The lowest BCUT2D eigenvalue weighted by Crippen LogP contribution is -2.46. The predicted octanol–water partition coefficient (Wildman–Crippen LogP) is 2.68. The molecule has 1 fully saturated rings. The molecule has 0 bridgehead atoms. The summed E-state index contributed by atoms with van der Waals surface area (Å²) in [6, 6.07) is 8.64. The molecule has 0 saturated carbocycles. The van der Waals surface area contributed by atoms with Crippen LogP contribution < -0.4 is 15.5 Å². The van der Waals surface area contributed by atoms with Gasteiger partial charge in [0, 0.05) is 29.7 Å². The second kappa shape index (κ2) is 9.89. The van der Waals surface area contributed by atoms with Gasteiger partial charge in [0.15, 0.2) is 5.13 Å². The number of aryl methyl sites for hydroxylation is 1. The first-order valence-corrected chi connectivity index (χ1v) is 11.6. The number of rotatable bonds is 8. The number of amides is 3. The average molecular weight is 433 g/mol. The molecule has 1 aliphatic rings. The number of carbonyl (C=O) groups is 3. The molecule has 2 aromatic rings. The van der Waals surface area contributed by atoms with E-state index in [1.165, 1.54) is 11.3 Å². The lowest BCUT2D eigenvalue weighted by atomic mass is 10.1. The van der Waals surface area contributed by atoms with Crippen LogP contribution in [0.3, 0.4) is 0 Å². The molecule has 2 heterocycles. The fourth-order valence-corrected chi connectivity index (χ4v) is 4.28. The Morgan fingerprint density at radius 1 is 1.34 bits per heavy atom. The number of nitrogens with zero attached hydrogens (tertiary/aromatic N) is 2. The van der Waals surface area contributed by atoms with Crippen molar-refractivity contribution in [3.05, 3.63) is 41.4 Å². The van der Waals surface area contributed by atoms with E-state index in [4.69, 9.17) is 0 Å². The summed E-state index contributed by atoms with van der Waals surface area (Å²) in [6.45, 7) is 2.23. The number of hydrogen-bond acceptors (Lipinski definition) is 6. The summed E-state index contributed by atoms with van der Waals surface area (Å²) in [5.74, 6) is -0.386. The van der Waals surface area contributed by atoms with Gasteiger partial charge in [-0.1, -0.05) is 18.2 Å². The van der Waals surface area contributed by atoms with Crippen LogP contribution in [0.5, 0.6) is 0 Å². The quantitative estimate of drug-likeness (QED) is 0.669. The number of anilines is 2. The van der Waals surface area contributed by atoms with Gasteiger partial charge in [-0.3, -0.25) is 14.4 Å². The van der Waals surface area contributed by atoms with Crippen molar-refractivity contribution >= 4 is 51.6 Å². The molecule has 0 spiro atoms. The summed E-state index contributed by atoms with van der Waals surface area (Å²) in [5, 5.41) is 6.14. The second-order valence-corrected chi connectivity index (χ2v) is 9.07. The van der Waals surface area contributed by atoms with Crippen LogP contribution >= 0.6 is 23.1 Å². The lowest BCUT2D eigenvalue weighted by Gasteiger charge is -2.20. The van der Waals surface area contributed by atoms with Crippen LogP contribution in [0.15, 0.2) is 36.5 Å². The van der Waals surface area contributed by atoms with Crippen molar-refractivity contribution < 1.29 is 14.4 Å². The van der Waals surface area contributed by atoms with Gasteiger partial charge < -0.3 is 15.5 Å². The molecule has 1 aliphatic heterocycles. The summed E-state index contributed by atoms with van der Waals surface area (Å²) >= 11 is 3.00. The molecule has 29 heavy (non-hydrogen) atoms. The van der Waals surface area contributed by atoms with Gasteiger partial charge >= 0.3 is 0 Å². The first kappa shape index (κ1) is 21.3. The molecule has 3 amide bonds. The maximum Gasteiger partial charge on any atom is 0.248 e. The van der Waals surface area contributed by atoms with Crippen molar-refractivity contribution in [1.82, 2.24) is 10.3 Å². The van der Waals surface area contributed by atoms with Gasteiger partial charge in [-0.25, -0.2) is 4.98 Å². The molecule has 2 atom stereocenters. The Bertz CT molecular complexity index is 872. The van der Waals surface area contributed by atoms with Crippen LogP contribution in [0.1, 0.15) is 17.7 Å². The third-order valence-corrected chi connectivity index (χ3v) is 6.13. The van der Waals surface area contributed by atoms with E-state index >= 15 is 0 Å². The number of nitrogens with one attached hydrogen (secondary N) is 2. The number of benzene rings is 1.